The highest BCUT2D eigenvalue weighted by Crippen LogP contribution is 2.30. The highest BCUT2D eigenvalue weighted by Gasteiger charge is 2.18. The summed E-state index contributed by atoms with van der Waals surface area (Å²) in [6.07, 6.45) is 1.45. The first-order valence-corrected chi connectivity index (χ1v) is 6.39. The number of benzene rings is 1. The number of aromatic nitrogens is 2. The molecule has 0 radical (unpaired) electrons. The molecule has 19 heavy (non-hydrogen) atoms. The lowest BCUT2D eigenvalue weighted by Crippen LogP contribution is -2.03. The molecule has 0 N–H and O–H groups in total. The third kappa shape index (κ3) is 2.73. The zero-order chi connectivity index (χ0) is 14.0. The Kier molecular flexibility index (Phi) is 4.10. The normalized spacial score (nSPS) is 10.8. The Hall–Kier alpha value is -1.55. The molecule has 1 heterocycles. The van der Waals surface area contributed by atoms with Gasteiger partial charge in [-0.2, -0.15) is 0 Å². The molecule has 0 spiro atoms. The maximum atomic E-state index is 13.8. The highest BCUT2D eigenvalue weighted by atomic mass is 35.5. The third-order valence-electron chi connectivity index (χ3n) is 2.81. The summed E-state index contributed by atoms with van der Waals surface area (Å²) in [5.41, 5.74) is 0.547. The van der Waals surface area contributed by atoms with Crippen molar-refractivity contribution in [1.29, 1.82) is 0 Å². The lowest BCUT2D eigenvalue weighted by molar-refractivity contribution is 0.588. The molecule has 2 aromatic rings. The van der Waals surface area contributed by atoms with Gasteiger partial charge >= 0.3 is 0 Å². The predicted octanol–water partition coefficient (Wildman–Crippen LogP) is 4.34. The van der Waals surface area contributed by atoms with Gasteiger partial charge in [0.1, 0.15) is 22.6 Å². The van der Waals surface area contributed by atoms with Gasteiger partial charge in [-0.25, -0.2) is 18.7 Å². The van der Waals surface area contributed by atoms with Gasteiger partial charge in [0.05, 0.1) is 11.3 Å². The number of nitrogens with zero attached hydrogens (tertiary/aromatic N) is 2. The van der Waals surface area contributed by atoms with Crippen molar-refractivity contribution in [2.24, 2.45) is 0 Å². The minimum atomic E-state index is -0.652. The maximum absolute atomic E-state index is 13.8. The molecule has 2 rings (SSSR count). The Morgan fingerprint density at radius 1 is 1.16 bits per heavy atom. The van der Waals surface area contributed by atoms with Gasteiger partial charge in [-0.3, -0.25) is 0 Å². The smallest absolute Gasteiger partial charge is 0.136 e. The van der Waals surface area contributed by atoms with Gasteiger partial charge in [-0.15, -0.1) is 0 Å². The van der Waals surface area contributed by atoms with Gasteiger partial charge in [0.2, 0.25) is 0 Å². The molecule has 5 heteroatoms. The minimum absolute atomic E-state index is 0.151. The van der Waals surface area contributed by atoms with Crippen LogP contribution in [0.2, 0.25) is 5.15 Å². The molecular weight excluding hydrogens is 270 g/mol. The SMILES string of the molecule is CCCc1nc(Cl)c(C)c(-c2c(F)cccc2F)n1. The third-order valence-corrected chi connectivity index (χ3v) is 3.17. The van der Waals surface area contributed by atoms with Crippen molar-refractivity contribution in [2.45, 2.75) is 26.7 Å². The van der Waals surface area contributed by atoms with E-state index >= 15 is 0 Å². The fraction of sp³-hybridized carbons (Fsp3) is 0.286. The Bertz CT molecular complexity index is 594. The summed E-state index contributed by atoms with van der Waals surface area (Å²) in [4.78, 5) is 8.36. The average molecular weight is 283 g/mol. The van der Waals surface area contributed by atoms with Crippen molar-refractivity contribution >= 4 is 11.6 Å². The minimum Gasteiger partial charge on any atom is -0.232 e. The van der Waals surface area contributed by atoms with Gasteiger partial charge in [-0.05, 0) is 25.5 Å². The largest absolute Gasteiger partial charge is 0.232 e. The second-order valence-corrected chi connectivity index (χ2v) is 4.61. The van der Waals surface area contributed by atoms with E-state index in [0.717, 1.165) is 6.42 Å². The molecule has 0 fully saturated rings. The van der Waals surface area contributed by atoms with Gasteiger partial charge in [0.15, 0.2) is 0 Å². The highest BCUT2D eigenvalue weighted by molar-refractivity contribution is 6.30. The van der Waals surface area contributed by atoms with Crippen molar-refractivity contribution in [2.75, 3.05) is 0 Å². The van der Waals surface area contributed by atoms with E-state index in [1.54, 1.807) is 6.92 Å². The van der Waals surface area contributed by atoms with Crippen LogP contribution in [-0.2, 0) is 6.42 Å². The molecule has 0 amide bonds. The van der Waals surface area contributed by atoms with Crippen LogP contribution in [-0.4, -0.2) is 9.97 Å². The van der Waals surface area contributed by atoms with E-state index in [1.165, 1.54) is 18.2 Å². The molecule has 100 valence electrons. The van der Waals surface area contributed by atoms with Crippen molar-refractivity contribution in [3.8, 4) is 11.3 Å². The van der Waals surface area contributed by atoms with Crippen molar-refractivity contribution in [1.82, 2.24) is 9.97 Å². The van der Waals surface area contributed by atoms with Crippen LogP contribution in [0.3, 0.4) is 0 Å². The maximum Gasteiger partial charge on any atom is 0.136 e. The van der Waals surface area contributed by atoms with Crippen LogP contribution < -0.4 is 0 Å². The molecule has 1 aromatic heterocycles. The van der Waals surface area contributed by atoms with Crippen molar-refractivity contribution in [3.63, 3.8) is 0 Å². The summed E-state index contributed by atoms with van der Waals surface area (Å²) in [5, 5.41) is 0.233. The van der Waals surface area contributed by atoms with Crippen LogP contribution in [0.15, 0.2) is 18.2 Å². The van der Waals surface area contributed by atoms with E-state index in [0.29, 0.717) is 17.8 Å². The molecule has 1 aromatic carbocycles. The first kappa shape index (κ1) is 13.9. The summed E-state index contributed by atoms with van der Waals surface area (Å²) >= 11 is 6.01. The van der Waals surface area contributed by atoms with Crippen LogP contribution >= 0.6 is 11.6 Å². The average Bonchev–Trinajstić information content (AvgIpc) is 2.35. The lowest BCUT2D eigenvalue weighted by atomic mass is 10.1. The summed E-state index contributed by atoms with van der Waals surface area (Å²) in [5.74, 6) is -0.809. The molecule has 0 aliphatic heterocycles. The number of hydrogen-bond acceptors (Lipinski definition) is 2. The second kappa shape index (κ2) is 5.61. The summed E-state index contributed by atoms with van der Waals surface area (Å²) in [6.45, 7) is 3.62. The molecule has 0 saturated carbocycles. The molecule has 0 bridgehead atoms. The van der Waals surface area contributed by atoms with Crippen LogP contribution in [0.5, 0.6) is 0 Å². The summed E-state index contributed by atoms with van der Waals surface area (Å²) in [6, 6.07) is 3.72. The first-order valence-electron chi connectivity index (χ1n) is 6.02. The van der Waals surface area contributed by atoms with E-state index in [-0.39, 0.29) is 16.4 Å². The van der Waals surface area contributed by atoms with Crippen LogP contribution in [0, 0.1) is 18.6 Å². The van der Waals surface area contributed by atoms with Crippen molar-refractivity contribution in [3.05, 3.63) is 46.4 Å². The number of halogens is 3. The second-order valence-electron chi connectivity index (χ2n) is 4.25. The van der Waals surface area contributed by atoms with E-state index < -0.39 is 11.6 Å². The standard InChI is InChI=1S/C14H13ClF2N2/c1-3-5-11-18-13(8(2)14(15)19-11)12-9(16)6-4-7-10(12)17/h4,6-7H,3,5H2,1-2H3. The molecule has 0 atom stereocenters. The monoisotopic (exact) mass is 282 g/mol. The number of hydrogen-bond donors (Lipinski definition) is 0. The summed E-state index contributed by atoms with van der Waals surface area (Å²) < 4.78 is 27.6. The molecule has 0 aliphatic carbocycles. The first-order chi connectivity index (χ1) is 9.04. The van der Waals surface area contributed by atoms with E-state index in [9.17, 15) is 8.78 Å². The van der Waals surface area contributed by atoms with Gasteiger partial charge in [0, 0.05) is 12.0 Å². The van der Waals surface area contributed by atoms with Crippen LogP contribution in [0.1, 0.15) is 24.7 Å². The van der Waals surface area contributed by atoms with E-state index in [2.05, 4.69) is 9.97 Å². The fourth-order valence-electron chi connectivity index (χ4n) is 1.84. The summed E-state index contributed by atoms with van der Waals surface area (Å²) in [7, 11) is 0. The zero-order valence-corrected chi connectivity index (χ0v) is 11.4. The molecule has 0 saturated heterocycles. The van der Waals surface area contributed by atoms with Crippen LogP contribution in [0.4, 0.5) is 8.78 Å². The predicted molar refractivity (Wildman–Crippen MR) is 71.1 cm³/mol. The molecular formula is C14H13ClF2N2. The topological polar surface area (TPSA) is 25.8 Å². The van der Waals surface area contributed by atoms with Gasteiger partial charge in [0.25, 0.3) is 0 Å². The zero-order valence-electron chi connectivity index (χ0n) is 10.7. The van der Waals surface area contributed by atoms with Crippen molar-refractivity contribution < 1.29 is 8.78 Å². The number of rotatable bonds is 3. The number of aryl methyl sites for hydroxylation is 1. The van der Waals surface area contributed by atoms with Gasteiger partial charge in [-0.1, -0.05) is 24.6 Å². The molecule has 0 unspecified atom stereocenters. The molecule has 2 nitrogen and oxygen atoms in total. The Labute approximate surface area is 115 Å². The Morgan fingerprint density at radius 3 is 2.37 bits per heavy atom. The Balaban J connectivity index is 2.67. The Morgan fingerprint density at radius 2 is 1.79 bits per heavy atom. The fourth-order valence-corrected chi connectivity index (χ4v) is 2.02. The van der Waals surface area contributed by atoms with E-state index in [4.69, 9.17) is 11.6 Å². The van der Waals surface area contributed by atoms with Gasteiger partial charge < -0.3 is 0 Å². The molecule has 0 aliphatic rings. The van der Waals surface area contributed by atoms with Crippen LogP contribution in [0.25, 0.3) is 11.3 Å². The lowest BCUT2D eigenvalue weighted by Gasteiger charge is -2.10. The van der Waals surface area contributed by atoms with E-state index in [1.807, 2.05) is 6.92 Å². The quantitative estimate of drug-likeness (QED) is 0.783.